The van der Waals surface area contributed by atoms with Crippen molar-refractivity contribution in [3.8, 4) is 0 Å². The largest absolute Gasteiger partial charge is 0.352 e. The van der Waals surface area contributed by atoms with Crippen LogP contribution in [-0.2, 0) is 9.84 Å². The average Bonchev–Trinajstić information content (AvgIpc) is 2.46. The van der Waals surface area contributed by atoms with Gasteiger partial charge in [0.15, 0.2) is 5.37 Å². The summed E-state index contributed by atoms with van der Waals surface area (Å²) in [6.07, 6.45) is 0. The van der Waals surface area contributed by atoms with Crippen LogP contribution < -0.4 is 11.1 Å². The Bertz CT molecular complexity index is 725. The number of hydrogen-bond donors (Lipinski definition) is 2. The number of nitrogens with two attached hydrogens (primary N) is 1. The highest BCUT2D eigenvalue weighted by atomic mass is 32.2. The first-order valence-electron chi connectivity index (χ1n) is 6.33. The molecule has 3 N–H and O–H groups in total. The topological polar surface area (TPSA) is 89.3 Å². The van der Waals surface area contributed by atoms with Gasteiger partial charge in [0.1, 0.15) is 0 Å². The van der Waals surface area contributed by atoms with E-state index in [1.54, 1.807) is 42.5 Å². The van der Waals surface area contributed by atoms with E-state index in [2.05, 4.69) is 5.32 Å². The standard InChI is InChI=1S/C15H16N2O3S/c1-11-7-9-13(10-8-11)21(19,20)14(17-15(16)18)12-5-3-2-4-6-12/h2-10,14H,1H3,(H3,16,17,18). The number of urea groups is 1. The molecule has 0 aromatic heterocycles. The second kappa shape index (κ2) is 5.97. The third-order valence-corrected chi connectivity index (χ3v) is 4.98. The molecule has 2 rings (SSSR count). The van der Waals surface area contributed by atoms with Gasteiger partial charge >= 0.3 is 6.03 Å². The van der Waals surface area contributed by atoms with Gasteiger partial charge in [-0.1, -0.05) is 48.0 Å². The molecule has 2 aromatic rings. The number of carbonyl (C=O) groups is 1. The molecule has 0 radical (unpaired) electrons. The molecule has 0 fully saturated rings. The number of primary amides is 1. The number of aryl methyl sites for hydroxylation is 1. The molecule has 0 bridgehead atoms. The van der Waals surface area contributed by atoms with Crippen molar-refractivity contribution in [1.29, 1.82) is 0 Å². The summed E-state index contributed by atoms with van der Waals surface area (Å²) < 4.78 is 25.4. The minimum atomic E-state index is -3.78. The fourth-order valence-electron chi connectivity index (χ4n) is 1.96. The zero-order valence-electron chi connectivity index (χ0n) is 11.5. The second-order valence-corrected chi connectivity index (χ2v) is 6.69. The second-order valence-electron chi connectivity index (χ2n) is 4.66. The molecule has 110 valence electrons. The number of rotatable bonds is 4. The zero-order chi connectivity index (χ0) is 15.5. The van der Waals surface area contributed by atoms with E-state index in [-0.39, 0.29) is 4.90 Å². The number of nitrogens with one attached hydrogen (secondary N) is 1. The summed E-state index contributed by atoms with van der Waals surface area (Å²) >= 11 is 0. The number of hydrogen-bond acceptors (Lipinski definition) is 3. The fourth-order valence-corrected chi connectivity index (χ4v) is 3.54. The third kappa shape index (κ3) is 3.41. The predicted molar refractivity (Wildman–Crippen MR) is 80.3 cm³/mol. The quantitative estimate of drug-likeness (QED) is 0.906. The lowest BCUT2D eigenvalue weighted by Gasteiger charge is -2.18. The molecule has 0 aliphatic heterocycles. The Balaban J connectivity index is 2.49. The Morgan fingerprint density at radius 1 is 1.05 bits per heavy atom. The molecular weight excluding hydrogens is 288 g/mol. The van der Waals surface area contributed by atoms with Crippen LogP contribution in [0.5, 0.6) is 0 Å². The maximum Gasteiger partial charge on any atom is 0.313 e. The molecule has 0 saturated carbocycles. The molecule has 0 aliphatic carbocycles. The number of carbonyl (C=O) groups excluding carboxylic acids is 1. The summed E-state index contributed by atoms with van der Waals surface area (Å²) in [7, 11) is -3.78. The van der Waals surface area contributed by atoms with Crippen molar-refractivity contribution in [3.63, 3.8) is 0 Å². The molecule has 1 atom stereocenters. The monoisotopic (exact) mass is 304 g/mol. The first kappa shape index (κ1) is 15.1. The zero-order valence-corrected chi connectivity index (χ0v) is 12.3. The molecule has 2 aromatic carbocycles. The summed E-state index contributed by atoms with van der Waals surface area (Å²) in [5, 5.41) is 1.09. The van der Waals surface area contributed by atoms with E-state index in [9.17, 15) is 13.2 Å². The highest BCUT2D eigenvalue weighted by Crippen LogP contribution is 2.26. The minimum absolute atomic E-state index is 0.135. The molecule has 6 heteroatoms. The van der Waals surface area contributed by atoms with Gasteiger partial charge in [0.05, 0.1) is 4.90 Å². The van der Waals surface area contributed by atoms with Crippen LogP contribution in [0.2, 0.25) is 0 Å². The summed E-state index contributed by atoms with van der Waals surface area (Å²) in [6.45, 7) is 1.87. The van der Waals surface area contributed by atoms with E-state index in [4.69, 9.17) is 5.73 Å². The van der Waals surface area contributed by atoms with Gasteiger partial charge in [0, 0.05) is 0 Å². The average molecular weight is 304 g/mol. The lowest BCUT2D eigenvalue weighted by atomic mass is 10.2. The van der Waals surface area contributed by atoms with Crippen LogP contribution in [0.1, 0.15) is 16.5 Å². The Morgan fingerprint density at radius 2 is 1.62 bits per heavy atom. The maximum atomic E-state index is 12.7. The molecule has 1 unspecified atom stereocenters. The first-order chi connectivity index (χ1) is 9.91. The lowest BCUT2D eigenvalue weighted by Crippen LogP contribution is -2.37. The molecule has 0 aliphatic rings. The van der Waals surface area contributed by atoms with Crippen LogP contribution in [-0.4, -0.2) is 14.4 Å². The Hall–Kier alpha value is -2.34. The van der Waals surface area contributed by atoms with Crippen molar-refractivity contribution in [3.05, 3.63) is 65.7 Å². The summed E-state index contributed by atoms with van der Waals surface area (Å²) in [4.78, 5) is 11.3. The van der Waals surface area contributed by atoms with Gasteiger partial charge in [0.25, 0.3) is 0 Å². The maximum absolute atomic E-state index is 12.7. The number of benzene rings is 2. The third-order valence-electron chi connectivity index (χ3n) is 3.04. The SMILES string of the molecule is Cc1ccc(S(=O)(=O)C(NC(N)=O)c2ccccc2)cc1. The van der Waals surface area contributed by atoms with Gasteiger partial charge in [-0.3, -0.25) is 0 Å². The predicted octanol–water partition coefficient (Wildman–Crippen LogP) is 2.14. The van der Waals surface area contributed by atoms with Crippen molar-refractivity contribution >= 4 is 15.9 Å². The van der Waals surface area contributed by atoms with Crippen molar-refractivity contribution in [2.45, 2.75) is 17.2 Å². The van der Waals surface area contributed by atoms with E-state index in [0.717, 1.165) is 5.56 Å². The van der Waals surface area contributed by atoms with Crippen molar-refractivity contribution < 1.29 is 13.2 Å². The normalized spacial score (nSPS) is 12.6. The van der Waals surface area contributed by atoms with E-state index >= 15 is 0 Å². The Morgan fingerprint density at radius 3 is 2.14 bits per heavy atom. The van der Waals surface area contributed by atoms with Gasteiger partial charge < -0.3 is 11.1 Å². The molecule has 21 heavy (non-hydrogen) atoms. The smallest absolute Gasteiger partial charge is 0.313 e. The molecule has 0 saturated heterocycles. The number of amides is 2. The minimum Gasteiger partial charge on any atom is -0.352 e. The van der Waals surface area contributed by atoms with E-state index in [1.807, 2.05) is 6.92 Å². The van der Waals surface area contributed by atoms with E-state index < -0.39 is 21.2 Å². The van der Waals surface area contributed by atoms with Crippen molar-refractivity contribution in [1.82, 2.24) is 5.32 Å². The fraction of sp³-hybridized carbons (Fsp3) is 0.133. The molecule has 5 nitrogen and oxygen atoms in total. The highest BCUT2D eigenvalue weighted by Gasteiger charge is 2.29. The first-order valence-corrected chi connectivity index (χ1v) is 7.87. The summed E-state index contributed by atoms with van der Waals surface area (Å²) in [5.41, 5.74) is 6.52. The van der Waals surface area contributed by atoms with E-state index in [1.165, 1.54) is 12.1 Å². The van der Waals surface area contributed by atoms with Gasteiger partial charge in [-0.25, -0.2) is 13.2 Å². The Labute approximate surface area is 123 Å². The molecule has 0 heterocycles. The lowest BCUT2D eigenvalue weighted by molar-refractivity contribution is 0.248. The van der Waals surface area contributed by atoms with Gasteiger partial charge in [-0.2, -0.15) is 0 Å². The number of sulfone groups is 1. The van der Waals surface area contributed by atoms with Crippen LogP contribution in [0.3, 0.4) is 0 Å². The van der Waals surface area contributed by atoms with Gasteiger partial charge in [-0.15, -0.1) is 0 Å². The van der Waals surface area contributed by atoms with Crippen LogP contribution in [0, 0.1) is 6.92 Å². The summed E-state index contributed by atoms with van der Waals surface area (Å²) in [6, 6.07) is 14.0. The van der Waals surface area contributed by atoms with Crippen LogP contribution in [0.25, 0.3) is 0 Å². The van der Waals surface area contributed by atoms with Crippen LogP contribution >= 0.6 is 0 Å². The molecule has 0 spiro atoms. The van der Waals surface area contributed by atoms with Crippen molar-refractivity contribution in [2.75, 3.05) is 0 Å². The molecule has 2 amide bonds. The van der Waals surface area contributed by atoms with Gasteiger partial charge in [-0.05, 0) is 24.6 Å². The van der Waals surface area contributed by atoms with Crippen LogP contribution in [0.15, 0.2) is 59.5 Å². The summed E-state index contributed by atoms with van der Waals surface area (Å²) in [5.74, 6) is 0. The highest BCUT2D eigenvalue weighted by molar-refractivity contribution is 7.91. The van der Waals surface area contributed by atoms with Crippen LogP contribution in [0.4, 0.5) is 4.79 Å². The van der Waals surface area contributed by atoms with Crippen molar-refractivity contribution in [2.24, 2.45) is 5.73 Å². The Kier molecular flexibility index (Phi) is 4.28. The van der Waals surface area contributed by atoms with E-state index in [0.29, 0.717) is 5.56 Å². The van der Waals surface area contributed by atoms with Gasteiger partial charge in [0.2, 0.25) is 9.84 Å². The molecular formula is C15H16N2O3S.